The number of ether oxygens (including phenoxy) is 1. The second kappa shape index (κ2) is 7.90. The molecule has 1 amide bonds. The molecule has 4 nitrogen and oxygen atoms in total. The van der Waals surface area contributed by atoms with Gasteiger partial charge in [0.25, 0.3) is 0 Å². The van der Waals surface area contributed by atoms with Gasteiger partial charge in [-0.1, -0.05) is 31.5 Å². The fraction of sp³-hybridized carbons (Fsp3) is 0.562. The Hall–Kier alpha value is -1.55. The van der Waals surface area contributed by atoms with Crippen LogP contribution in [0.5, 0.6) is 5.75 Å². The summed E-state index contributed by atoms with van der Waals surface area (Å²) < 4.78 is 5.58. The highest BCUT2D eigenvalue weighted by atomic mass is 16.5. The second-order valence-corrected chi connectivity index (χ2v) is 5.11. The number of nitrogens with one attached hydrogen (secondary N) is 1. The number of rotatable bonds is 8. The van der Waals surface area contributed by atoms with Gasteiger partial charge in [0.15, 0.2) is 0 Å². The summed E-state index contributed by atoms with van der Waals surface area (Å²) in [6.45, 7) is 7.37. The van der Waals surface area contributed by atoms with Gasteiger partial charge in [-0.2, -0.15) is 0 Å². The predicted octanol–water partition coefficient (Wildman–Crippen LogP) is 2.26. The van der Waals surface area contributed by atoms with Crippen LogP contribution >= 0.6 is 0 Å². The Labute approximate surface area is 121 Å². The second-order valence-electron chi connectivity index (χ2n) is 5.11. The van der Waals surface area contributed by atoms with Crippen LogP contribution in [-0.4, -0.2) is 25.6 Å². The first-order chi connectivity index (χ1) is 9.57. The summed E-state index contributed by atoms with van der Waals surface area (Å²) in [5.74, 6) is 0.846. The average molecular weight is 278 g/mol. The van der Waals surface area contributed by atoms with E-state index in [2.05, 4.69) is 5.32 Å². The molecule has 0 aliphatic heterocycles. The Bertz CT molecular complexity index is 403. The van der Waals surface area contributed by atoms with Crippen LogP contribution in [-0.2, 0) is 4.79 Å². The van der Waals surface area contributed by atoms with Gasteiger partial charge in [-0.25, -0.2) is 0 Å². The van der Waals surface area contributed by atoms with Crippen molar-refractivity contribution in [2.24, 2.45) is 11.1 Å². The topological polar surface area (TPSA) is 64.4 Å². The van der Waals surface area contributed by atoms with E-state index < -0.39 is 5.41 Å². The van der Waals surface area contributed by atoms with Gasteiger partial charge in [0.2, 0.25) is 5.91 Å². The van der Waals surface area contributed by atoms with Crippen molar-refractivity contribution in [2.75, 3.05) is 19.7 Å². The maximum absolute atomic E-state index is 12.2. The van der Waals surface area contributed by atoms with Gasteiger partial charge >= 0.3 is 0 Å². The first kappa shape index (κ1) is 16.5. The number of carbonyl (C=O) groups excluding carboxylic acids is 1. The van der Waals surface area contributed by atoms with Crippen LogP contribution < -0.4 is 15.8 Å². The summed E-state index contributed by atoms with van der Waals surface area (Å²) in [5, 5.41) is 2.91. The van der Waals surface area contributed by atoms with E-state index in [4.69, 9.17) is 10.5 Å². The standard InChI is InChI=1S/C16H26N2O2/c1-4-16(5-2,12-17)15(19)18-10-11-20-14-8-6-13(3)7-9-14/h6-9H,4-5,10-12,17H2,1-3H3,(H,18,19). The minimum atomic E-state index is -0.441. The molecule has 0 saturated heterocycles. The zero-order valence-electron chi connectivity index (χ0n) is 12.7. The Balaban J connectivity index is 2.36. The van der Waals surface area contributed by atoms with E-state index in [0.717, 1.165) is 18.6 Å². The van der Waals surface area contributed by atoms with Crippen LogP contribution in [0.2, 0.25) is 0 Å². The van der Waals surface area contributed by atoms with Gasteiger partial charge in [0, 0.05) is 6.54 Å². The molecule has 112 valence electrons. The van der Waals surface area contributed by atoms with Gasteiger partial charge in [-0.05, 0) is 31.9 Å². The number of hydrogen-bond acceptors (Lipinski definition) is 3. The molecule has 0 atom stereocenters. The lowest BCUT2D eigenvalue weighted by molar-refractivity contribution is -0.131. The predicted molar refractivity (Wildman–Crippen MR) is 81.8 cm³/mol. The third-order valence-electron chi connectivity index (χ3n) is 3.90. The first-order valence-corrected chi connectivity index (χ1v) is 7.25. The van der Waals surface area contributed by atoms with Crippen LogP contribution in [0.3, 0.4) is 0 Å². The zero-order valence-corrected chi connectivity index (χ0v) is 12.7. The van der Waals surface area contributed by atoms with Crippen LogP contribution in [0.1, 0.15) is 32.3 Å². The van der Waals surface area contributed by atoms with Gasteiger partial charge in [0.1, 0.15) is 12.4 Å². The third kappa shape index (κ3) is 4.23. The molecular formula is C16H26N2O2. The Morgan fingerprint density at radius 3 is 2.35 bits per heavy atom. The zero-order chi connectivity index (χ0) is 15.0. The molecule has 0 aliphatic rings. The van der Waals surface area contributed by atoms with Crippen molar-refractivity contribution >= 4 is 5.91 Å². The van der Waals surface area contributed by atoms with Crippen LogP contribution in [0, 0.1) is 12.3 Å². The minimum absolute atomic E-state index is 0.0255. The molecule has 0 unspecified atom stereocenters. The Morgan fingerprint density at radius 2 is 1.85 bits per heavy atom. The van der Waals surface area contributed by atoms with Crippen LogP contribution in [0.4, 0.5) is 0 Å². The van der Waals surface area contributed by atoms with Gasteiger partial charge < -0.3 is 15.8 Å². The lowest BCUT2D eigenvalue weighted by Crippen LogP contribution is -2.46. The summed E-state index contributed by atoms with van der Waals surface area (Å²) >= 11 is 0. The van der Waals surface area contributed by atoms with Gasteiger partial charge in [-0.15, -0.1) is 0 Å². The summed E-state index contributed by atoms with van der Waals surface area (Å²) in [6.07, 6.45) is 1.51. The van der Waals surface area contributed by atoms with Crippen LogP contribution in [0.15, 0.2) is 24.3 Å². The molecule has 0 fully saturated rings. The number of carbonyl (C=O) groups is 1. The molecule has 0 spiro atoms. The lowest BCUT2D eigenvalue weighted by Gasteiger charge is -2.28. The van der Waals surface area contributed by atoms with Crippen molar-refractivity contribution in [2.45, 2.75) is 33.6 Å². The highest BCUT2D eigenvalue weighted by Gasteiger charge is 2.32. The molecule has 0 aliphatic carbocycles. The molecule has 0 aromatic heterocycles. The molecular weight excluding hydrogens is 252 g/mol. The molecule has 4 heteroatoms. The largest absolute Gasteiger partial charge is 0.492 e. The third-order valence-corrected chi connectivity index (χ3v) is 3.90. The minimum Gasteiger partial charge on any atom is -0.492 e. The van der Waals surface area contributed by atoms with Gasteiger partial charge in [-0.3, -0.25) is 4.79 Å². The highest BCUT2D eigenvalue weighted by molar-refractivity contribution is 5.82. The maximum atomic E-state index is 12.2. The highest BCUT2D eigenvalue weighted by Crippen LogP contribution is 2.24. The molecule has 0 heterocycles. The fourth-order valence-electron chi connectivity index (χ4n) is 2.11. The van der Waals surface area contributed by atoms with Crippen molar-refractivity contribution in [1.29, 1.82) is 0 Å². The van der Waals surface area contributed by atoms with E-state index in [-0.39, 0.29) is 5.91 Å². The number of benzene rings is 1. The normalized spacial score (nSPS) is 11.2. The average Bonchev–Trinajstić information content (AvgIpc) is 2.48. The monoisotopic (exact) mass is 278 g/mol. The van der Waals surface area contributed by atoms with E-state index in [1.54, 1.807) is 0 Å². The molecule has 0 saturated carbocycles. The quantitative estimate of drug-likeness (QED) is 0.717. The molecule has 1 rings (SSSR count). The number of amides is 1. The maximum Gasteiger partial charge on any atom is 0.227 e. The number of nitrogens with two attached hydrogens (primary N) is 1. The SMILES string of the molecule is CCC(CC)(CN)C(=O)NCCOc1ccc(C)cc1. The molecule has 0 radical (unpaired) electrons. The summed E-state index contributed by atoms with van der Waals surface area (Å²) in [4.78, 5) is 12.2. The van der Waals surface area contributed by atoms with Crippen molar-refractivity contribution in [1.82, 2.24) is 5.32 Å². The van der Waals surface area contributed by atoms with Crippen molar-refractivity contribution < 1.29 is 9.53 Å². The van der Waals surface area contributed by atoms with E-state index in [1.165, 1.54) is 5.56 Å². The first-order valence-electron chi connectivity index (χ1n) is 7.25. The molecule has 1 aromatic rings. The fourth-order valence-corrected chi connectivity index (χ4v) is 2.11. The lowest BCUT2D eigenvalue weighted by atomic mass is 9.81. The Kier molecular flexibility index (Phi) is 6.52. The number of hydrogen-bond donors (Lipinski definition) is 2. The van der Waals surface area contributed by atoms with Crippen molar-refractivity contribution in [3.63, 3.8) is 0 Å². The Morgan fingerprint density at radius 1 is 1.25 bits per heavy atom. The van der Waals surface area contributed by atoms with E-state index in [9.17, 15) is 4.79 Å². The van der Waals surface area contributed by atoms with Gasteiger partial charge in [0.05, 0.1) is 12.0 Å². The van der Waals surface area contributed by atoms with Crippen LogP contribution in [0.25, 0.3) is 0 Å². The smallest absolute Gasteiger partial charge is 0.227 e. The summed E-state index contributed by atoms with van der Waals surface area (Å²) in [6, 6.07) is 7.86. The molecule has 3 N–H and O–H groups in total. The molecule has 0 bridgehead atoms. The van der Waals surface area contributed by atoms with Crippen molar-refractivity contribution in [3.8, 4) is 5.75 Å². The van der Waals surface area contributed by atoms with E-state index in [1.807, 2.05) is 45.0 Å². The molecule has 20 heavy (non-hydrogen) atoms. The summed E-state index contributed by atoms with van der Waals surface area (Å²) in [5.41, 5.74) is 6.50. The number of aryl methyl sites for hydroxylation is 1. The van der Waals surface area contributed by atoms with Crippen molar-refractivity contribution in [3.05, 3.63) is 29.8 Å². The van der Waals surface area contributed by atoms with E-state index >= 15 is 0 Å². The van der Waals surface area contributed by atoms with E-state index in [0.29, 0.717) is 19.7 Å². The summed E-state index contributed by atoms with van der Waals surface area (Å²) in [7, 11) is 0. The molecule has 1 aromatic carbocycles.